The summed E-state index contributed by atoms with van der Waals surface area (Å²) in [5.74, 6) is 0.945. The molecule has 2 heterocycles. The van der Waals surface area contributed by atoms with Crippen molar-refractivity contribution in [2.45, 2.75) is 64.8 Å². The SMILES string of the molecule is CC(C)(C)c1ccc(=O)n(CCN2CCN(C(=O)CC3CCCC3)CC2)n1. The van der Waals surface area contributed by atoms with E-state index in [0.717, 1.165) is 44.8 Å². The summed E-state index contributed by atoms with van der Waals surface area (Å²) in [6, 6.07) is 3.45. The zero-order valence-corrected chi connectivity index (χ0v) is 17.1. The Morgan fingerprint density at radius 2 is 1.74 bits per heavy atom. The van der Waals surface area contributed by atoms with Gasteiger partial charge in [-0.25, -0.2) is 4.68 Å². The number of amides is 1. The average molecular weight is 375 g/mol. The molecule has 1 aliphatic heterocycles. The van der Waals surface area contributed by atoms with Crippen LogP contribution >= 0.6 is 0 Å². The fourth-order valence-corrected chi connectivity index (χ4v) is 4.06. The van der Waals surface area contributed by atoms with E-state index >= 15 is 0 Å². The second-order valence-electron chi connectivity index (χ2n) is 9.11. The van der Waals surface area contributed by atoms with Crippen molar-refractivity contribution in [1.82, 2.24) is 19.6 Å². The predicted octanol–water partition coefficient (Wildman–Crippen LogP) is 2.27. The molecule has 2 fully saturated rings. The number of nitrogens with zero attached hydrogens (tertiary/aromatic N) is 4. The van der Waals surface area contributed by atoms with Crippen LogP contribution in [0.15, 0.2) is 16.9 Å². The Kier molecular flexibility index (Phi) is 6.35. The third kappa shape index (κ3) is 5.41. The maximum atomic E-state index is 12.5. The predicted molar refractivity (Wildman–Crippen MR) is 107 cm³/mol. The molecule has 1 saturated carbocycles. The zero-order valence-electron chi connectivity index (χ0n) is 17.1. The van der Waals surface area contributed by atoms with Crippen LogP contribution in [0.1, 0.15) is 58.6 Å². The molecule has 6 nitrogen and oxygen atoms in total. The Hall–Kier alpha value is -1.69. The number of carbonyl (C=O) groups is 1. The van der Waals surface area contributed by atoms with Gasteiger partial charge in [-0.2, -0.15) is 5.10 Å². The first-order chi connectivity index (χ1) is 12.8. The van der Waals surface area contributed by atoms with Gasteiger partial charge in [0.05, 0.1) is 12.2 Å². The van der Waals surface area contributed by atoms with Crippen LogP contribution in [0.3, 0.4) is 0 Å². The molecule has 1 aliphatic carbocycles. The van der Waals surface area contributed by atoms with Crippen LogP contribution in [0, 0.1) is 5.92 Å². The molecule has 0 aromatic carbocycles. The first kappa shape index (κ1) is 20.1. The Morgan fingerprint density at radius 3 is 2.37 bits per heavy atom. The largest absolute Gasteiger partial charge is 0.340 e. The minimum atomic E-state index is -0.0687. The molecule has 2 aliphatic rings. The van der Waals surface area contributed by atoms with Gasteiger partial charge in [0.15, 0.2) is 0 Å². The topological polar surface area (TPSA) is 58.4 Å². The molecule has 1 aromatic heterocycles. The lowest BCUT2D eigenvalue weighted by molar-refractivity contribution is -0.133. The van der Waals surface area contributed by atoms with Crippen molar-refractivity contribution in [3.05, 3.63) is 28.2 Å². The van der Waals surface area contributed by atoms with Crippen LogP contribution in [0.25, 0.3) is 0 Å². The summed E-state index contributed by atoms with van der Waals surface area (Å²) in [7, 11) is 0. The zero-order chi connectivity index (χ0) is 19.4. The van der Waals surface area contributed by atoms with Gasteiger partial charge in [0.2, 0.25) is 5.91 Å². The third-order valence-electron chi connectivity index (χ3n) is 5.93. The summed E-state index contributed by atoms with van der Waals surface area (Å²) in [4.78, 5) is 28.9. The lowest BCUT2D eigenvalue weighted by Crippen LogP contribution is -2.49. The fraction of sp³-hybridized carbons (Fsp3) is 0.762. The van der Waals surface area contributed by atoms with E-state index in [1.807, 2.05) is 11.0 Å². The molecule has 1 saturated heterocycles. The number of hydrogen-bond acceptors (Lipinski definition) is 4. The minimum absolute atomic E-state index is 0.0478. The van der Waals surface area contributed by atoms with Gasteiger partial charge in [-0.15, -0.1) is 0 Å². The van der Waals surface area contributed by atoms with E-state index in [4.69, 9.17) is 0 Å². The smallest absolute Gasteiger partial charge is 0.266 e. The lowest BCUT2D eigenvalue weighted by atomic mass is 9.92. The molecule has 0 radical (unpaired) electrons. The van der Waals surface area contributed by atoms with Gasteiger partial charge in [-0.1, -0.05) is 33.6 Å². The average Bonchev–Trinajstić information content (AvgIpc) is 3.13. The molecule has 150 valence electrons. The second-order valence-corrected chi connectivity index (χ2v) is 9.11. The molecular formula is C21H34N4O2. The molecule has 6 heteroatoms. The monoisotopic (exact) mass is 374 g/mol. The molecule has 0 unspecified atom stereocenters. The van der Waals surface area contributed by atoms with Gasteiger partial charge in [0, 0.05) is 50.6 Å². The number of carbonyl (C=O) groups excluding carboxylic acids is 1. The maximum Gasteiger partial charge on any atom is 0.266 e. The van der Waals surface area contributed by atoms with Gasteiger partial charge < -0.3 is 4.90 Å². The van der Waals surface area contributed by atoms with Gasteiger partial charge in [-0.3, -0.25) is 14.5 Å². The highest BCUT2D eigenvalue weighted by Gasteiger charge is 2.25. The van der Waals surface area contributed by atoms with E-state index in [0.29, 0.717) is 18.4 Å². The van der Waals surface area contributed by atoms with Crippen molar-refractivity contribution in [3.63, 3.8) is 0 Å². The van der Waals surface area contributed by atoms with Crippen molar-refractivity contribution in [2.24, 2.45) is 5.92 Å². The van der Waals surface area contributed by atoms with Crippen LogP contribution in [-0.2, 0) is 16.8 Å². The maximum absolute atomic E-state index is 12.5. The minimum Gasteiger partial charge on any atom is -0.340 e. The number of hydrogen-bond donors (Lipinski definition) is 0. The van der Waals surface area contributed by atoms with Crippen LogP contribution in [0.4, 0.5) is 0 Å². The van der Waals surface area contributed by atoms with Gasteiger partial charge in [0.1, 0.15) is 0 Å². The quantitative estimate of drug-likeness (QED) is 0.793. The van der Waals surface area contributed by atoms with E-state index in [2.05, 4.69) is 30.8 Å². The molecule has 0 N–H and O–H groups in total. The fourth-order valence-electron chi connectivity index (χ4n) is 4.06. The Bertz CT molecular complexity index is 693. The van der Waals surface area contributed by atoms with Crippen LogP contribution in [-0.4, -0.2) is 58.2 Å². The first-order valence-corrected chi connectivity index (χ1v) is 10.4. The molecule has 1 amide bonds. The Balaban J connectivity index is 1.47. The van der Waals surface area contributed by atoms with Crippen molar-refractivity contribution >= 4 is 5.91 Å². The summed E-state index contributed by atoms with van der Waals surface area (Å²) in [6.07, 6.45) is 5.76. The Morgan fingerprint density at radius 1 is 1.07 bits per heavy atom. The molecular weight excluding hydrogens is 340 g/mol. The standard InChI is InChI=1S/C21H34N4O2/c1-21(2,3)18-8-9-19(26)25(22-18)15-12-23-10-13-24(14-11-23)20(27)16-17-6-4-5-7-17/h8-9,17H,4-7,10-16H2,1-3H3. The van der Waals surface area contributed by atoms with E-state index in [1.165, 1.54) is 25.7 Å². The molecule has 3 rings (SSSR count). The molecule has 0 spiro atoms. The van der Waals surface area contributed by atoms with Gasteiger partial charge in [-0.05, 0) is 24.8 Å². The third-order valence-corrected chi connectivity index (χ3v) is 5.93. The normalized spacial score (nSPS) is 19.6. The molecule has 0 bridgehead atoms. The van der Waals surface area contributed by atoms with Gasteiger partial charge in [0.25, 0.3) is 5.56 Å². The lowest BCUT2D eigenvalue weighted by Gasteiger charge is -2.35. The molecule has 1 aromatic rings. The van der Waals surface area contributed by atoms with E-state index < -0.39 is 0 Å². The summed E-state index contributed by atoms with van der Waals surface area (Å²) >= 11 is 0. The Labute approximate surface area is 162 Å². The van der Waals surface area contributed by atoms with Crippen LogP contribution in [0.5, 0.6) is 0 Å². The van der Waals surface area contributed by atoms with E-state index in [9.17, 15) is 9.59 Å². The van der Waals surface area contributed by atoms with Crippen LogP contribution < -0.4 is 5.56 Å². The first-order valence-electron chi connectivity index (χ1n) is 10.4. The highest BCUT2D eigenvalue weighted by Crippen LogP contribution is 2.28. The summed E-state index contributed by atoms with van der Waals surface area (Å²) in [5, 5.41) is 4.54. The van der Waals surface area contributed by atoms with Crippen molar-refractivity contribution in [1.29, 1.82) is 0 Å². The second kappa shape index (κ2) is 8.55. The number of piperazine rings is 1. The van der Waals surface area contributed by atoms with Crippen molar-refractivity contribution in [2.75, 3.05) is 32.7 Å². The van der Waals surface area contributed by atoms with Crippen molar-refractivity contribution < 1.29 is 4.79 Å². The summed E-state index contributed by atoms with van der Waals surface area (Å²) in [6.45, 7) is 11.1. The summed E-state index contributed by atoms with van der Waals surface area (Å²) < 4.78 is 1.58. The van der Waals surface area contributed by atoms with Crippen LogP contribution in [0.2, 0.25) is 0 Å². The summed E-state index contributed by atoms with van der Waals surface area (Å²) in [5.41, 5.74) is 0.818. The van der Waals surface area contributed by atoms with E-state index in [1.54, 1.807) is 10.7 Å². The molecule has 0 atom stereocenters. The molecule has 27 heavy (non-hydrogen) atoms. The number of aromatic nitrogens is 2. The highest BCUT2D eigenvalue weighted by atomic mass is 16.2. The highest BCUT2D eigenvalue weighted by molar-refractivity contribution is 5.76. The number of rotatable bonds is 5. The van der Waals surface area contributed by atoms with Gasteiger partial charge >= 0.3 is 0 Å². The van der Waals surface area contributed by atoms with E-state index in [-0.39, 0.29) is 11.0 Å². The van der Waals surface area contributed by atoms with Crippen molar-refractivity contribution in [3.8, 4) is 0 Å².